The molecule has 2 saturated heterocycles. The number of anilines is 2. The van der Waals surface area contributed by atoms with E-state index in [0.29, 0.717) is 17.3 Å². The summed E-state index contributed by atoms with van der Waals surface area (Å²) in [5, 5.41) is 0. The average Bonchev–Trinajstić information content (AvgIpc) is 2.86. The van der Waals surface area contributed by atoms with E-state index in [0.717, 1.165) is 25.5 Å². The summed E-state index contributed by atoms with van der Waals surface area (Å²) in [5.74, 6) is 0.301. The summed E-state index contributed by atoms with van der Waals surface area (Å²) in [6, 6.07) is 2.33. The summed E-state index contributed by atoms with van der Waals surface area (Å²) in [6.07, 6.45) is 4.05. The quantitative estimate of drug-likeness (QED) is 0.785. The third kappa shape index (κ3) is 2.23. The molecule has 2 aliphatic heterocycles. The van der Waals surface area contributed by atoms with E-state index in [-0.39, 0.29) is 0 Å². The number of aromatic nitrogens is 1. The van der Waals surface area contributed by atoms with Gasteiger partial charge in [0.25, 0.3) is 5.91 Å². The van der Waals surface area contributed by atoms with E-state index in [1.807, 2.05) is 0 Å². The Balaban J connectivity index is 1.82. The monoisotopic (exact) mass is 261 g/mol. The van der Waals surface area contributed by atoms with Gasteiger partial charge in [-0.2, -0.15) is 0 Å². The smallest absolute Gasteiger partial charge is 0.250 e. The van der Waals surface area contributed by atoms with Crippen LogP contribution in [0, 0.1) is 0 Å². The Labute approximate surface area is 112 Å². The van der Waals surface area contributed by atoms with Gasteiger partial charge in [-0.25, -0.2) is 4.98 Å². The molecule has 0 aliphatic carbocycles. The van der Waals surface area contributed by atoms with Crippen molar-refractivity contribution >= 4 is 17.4 Å². The highest BCUT2D eigenvalue weighted by Gasteiger charge is 2.31. The van der Waals surface area contributed by atoms with Crippen LogP contribution in [-0.4, -0.2) is 48.0 Å². The molecule has 1 aromatic heterocycles. The zero-order chi connectivity index (χ0) is 13.4. The van der Waals surface area contributed by atoms with Gasteiger partial charge >= 0.3 is 0 Å². The average molecular weight is 261 g/mol. The molecule has 1 unspecified atom stereocenters. The number of carbonyl (C=O) groups is 1. The van der Waals surface area contributed by atoms with Crippen LogP contribution in [-0.2, 0) is 0 Å². The van der Waals surface area contributed by atoms with Crippen molar-refractivity contribution in [1.29, 1.82) is 0 Å². The highest BCUT2D eigenvalue weighted by atomic mass is 16.1. The standard InChI is InChI=1S/C13H19N5O/c14-11-7-16-12(6-10(11)13(15)19)18-5-4-17-3-1-2-9(17)8-18/h6-7,9H,1-5,8,14H2,(H2,15,19). The van der Waals surface area contributed by atoms with Gasteiger partial charge in [-0.3, -0.25) is 9.69 Å². The van der Waals surface area contributed by atoms with Crippen molar-refractivity contribution in [1.82, 2.24) is 9.88 Å². The minimum atomic E-state index is -0.499. The van der Waals surface area contributed by atoms with Crippen molar-refractivity contribution in [3.63, 3.8) is 0 Å². The Hall–Kier alpha value is -1.82. The van der Waals surface area contributed by atoms with Gasteiger partial charge in [0.1, 0.15) is 5.82 Å². The summed E-state index contributed by atoms with van der Waals surface area (Å²) >= 11 is 0. The molecule has 3 heterocycles. The largest absolute Gasteiger partial charge is 0.397 e. The fourth-order valence-electron chi connectivity index (χ4n) is 3.04. The second kappa shape index (κ2) is 4.70. The Morgan fingerprint density at radius 3 is 3.00 bits per heavy atom. The Morgan fingerprint density at radius 1 is 1.37 bits per heavy atom. The zero-order valence-electron chi connectivity index (χ0n) is 10.9. The number of carbonyl (C=O) groups excluding carboxylic acids is 1. The third-order valence-electron chi connectivity index (χ3n) is 4.10. The molecule has 4 N–H and O–H groups in total. The molecule has 2 fully saturated rings. The number of rotatable bonds is 2. The summed E-state index contributed by atoms with van der Waals surface area (Å²) in [6.45, 7) is 4.17. The number of primary amides is 1. The third-order valence-corrected chi connectivity index (χ3v) is 4.10. The number of piperazine rings is 1. The van der Waals surface area contributed by atoms with Crippen LogP contribution >= 0.6 is 0 Å². The van der Waals surface area contributed by atoms with E-state index in [9.17, 15) is 4.79 Å². The predicted molar refractivity (Wildman–Crippen MR) is 74.0 cm³/mol. The number of amides is 1. The maximum absolute atomic E-state index is 11.3. The van der Waals surface area contributed by atoms with Crippen LogP contribution < -0.4 is 16.4 Å². The van der Waals surface area contributed by atoms with Crippen molar-refractivity contribution in [2.75, 3.05) is 36.8 Å². The van der Waals surface area contributed by atoms with E-state index in [1.54, 1.807) is 6.07 Å². The maximum Gasteiger partial charge on any atom is 0.250 e. The summed E-state index contributed by atoms with van der Waals surface area (Å²) in [4.78, 5) is 20.4. The lowest BCUT2D eigenvalue weighted by atomic mass is 10.1. The highest BCUT2D eigenvalue weighted by Crippen LogP contribution is 2.25. The van der Waals surface area contributed by atoms with Crippen LogP contribution in [0.25, 0.3) is 0 Å². The summed E-state index contributed by atoms with van der Waals surface area (Å²) in [7, 11) is 0. The van der Waals surface area contributed by atoms with Gasteiger partial charge in [-0.1, -0.05) is 0 Å². The van der Waals surface area contributed by atoms with Gasteiger partial charge in [0.2, 0.25) is 0 Å². The van der Waals surface area contributed by atoms with Crippen molar-refractivity contribution in [2.24, 2.45) is 5.73 Å². The number of pyridine rings is 1. The lowest BCUT2D eigenvalue weighted by molar-refractivity contribution is 0.100. The summed E-state index contributed by atoms with van der Waals surface area (Å²) < 4.78 is 0. The van der Waals surface area contributed by atoms with Crippen LogP contribution in [0.5, 0.6) is 0 Å². The number of fused-ring (bicyclic) bond motifs is 1. The van der Waals surface area contributed by atoms with Crippen molar-refractivity contribution in [3.05, 3.63) is 17.8 Å². The Morgan fingerprint density at radius 2 is 2.21 bits per heavy atom. The van der Waals surface area contributed by atoms with Crippen LogP contribution in [0.1, 0.15) is 23.2 Å². The van der Waals surface area contributed by atoms with Crippen LogP contribution in [0.2, 0.25) is 0 Å². The van der Waals surface area contributed by atoms with Gasteiger partial charge in [0.15, 0.2) is 0 Å². The SMILES string of the molecule is NC(=O)c1cc(N2CCN3CCCC3C2)ncc1N. The molecule has 2 aliphatic rings. The molecule has 0 bridgehead atoms. The van der Waals surface area contributed by atoms with E-state index in [1.165, 1.54) is 25.6 Å². The molecule has 0 spiro atoms. The first-order valence-corrected chi connectivity index (χ1v) is 6.69. The minimum absolute atomic E-state index is 0.343. The maximum atomic E-state index is 11.3. The molecule has 19 heavy (non-hydrogen) atoms. The molecule has 1 amide bonds. The van der Waals surface area contributed by atoms with Crippen LogP contribution in [0.4, 0.5) is 11.5 Å². The second-order valence-electron chi connectivity index (χ2n) is 5.27. The van der Waals surface area contributed by atoms with Crippen molar-refractivity contribution < 1.29 is 4.79 Å². The Kier molecular flexibility index (Phi) is 3.02. The molecular weight excluding hydrogens is 242 g/mol. The van der Waals surface area contributed by atoms with Gasteiger partial charge in [0.05, 0.1) is 17.4 Å². The lowest BCUT2D eigenvalue weighted by Crippen LogP contribution is -2.50. The first-order chi connectivity index (χ1) is 9.15. The van der Waals surface area contributed by atoms with Gasteiger partial charge < -0.3 is 16.4 Å². The fraction of sp³-hybridized carbons (Fsp3) is 0.538. The number of nitrogen functional groups attached to an aromatic ring is 1. The number of hydrogen-bond donors (Lipinski definition) is 2. The first-order valence-electron chi connectivity index (χ1n) is 6.69. The predicted octanol–water partition coefficient (Wildman–Crippen LogP) is 0.0471. The van der Waals surface area contributed by atoms with Crippen LogP contribution in [0.3, 0.4) is 0 Å². The number of hydrogen-bond acceptors (Lipinski definition) is 5. The molecule has 6 nitrogen and oxygen atoms in total. The van der Waals surface area contributed by atoms with Gasteiger partial charge in [-0.05, 0) is 25.5 Å². The molecule has 0 aromatic carbocycles. The minimum Gasteiger partial charge on any atom is -0.397 e. The van der Waals surface area contributed by atoms with E-state index in [2.05, 4.69) is 14.8 Å². The van der Waals surface area contributed by atoms with Gasteiger partial charge in [-0.15, -0.1) is 0 Å². The van der Waals surface area contributed by atoms with Crippen molar-refractivity contribution in [2.45, 2.75) is 18.9 Å². The molecule has 0 saturated carbocycles. The van der Waals surface area contributed by atoms with Crippen LogP contribution in [0.15, 0.2) is 12.3 Å². The molecule has 1 aromatic rings. The van der Waals surface area contributed by atoms with E-state index in [4.69, 9.17) is 11.5 Å². The first kappa shape index (κ1) is 12.2. The zero-order valence-corrected chi connectivity index (χ0v) is 10.9. The second-order valence-corrected chi connectivity index (χ2v) is 5.27. The number of nitrogens with two attached hydrogens (primary N) is 2. The van der Waals surface area contributed by atoms with Gasteiger partial charge in [0, 0.05) is 25.7 Å². The molecular formula is C13H19N5O. The Bertz CT molecular complexity index is 504. The van der Waals surface area contributed by atoms with E-state index >= 15 is 0 Å². The molecule has 3 rings (SSSR count). The molecule has 6 heteroatoms. The summed E-state index contributed by atoms with van der Waals surface area (Å²) in [5.41, 5.74) is 11.7. The molecule has 102 valence electrons. The van der Waals surface area contributed by atoms with Crippen molar-refractivity contribution in [3.8, 4) is 0 Å². The molecule has 1 atom stereocenters. The van der Waals surface area contributed by atoms with E-state index < -0.39 is 5.91 Å². The topological polar surface area (TPSA) is 88.5 Å². The fourth-order valence-corrected chi connectivity index (χ4v) is 3.04. The lowest BCUT2D eigenvalue weighted by Gasteiger charge is -2.38. The normalized spacial score (nSPS) is 23.4. The molecule has 0 radical (unpaired) electrons. The number of nitrogens with zero attached hydrogens (tertiary/aromatic N) is 3. The highest BCUT2D eigenvalue weighted by molar-refractivity contribution is 5.98.